The predicted molar refractivity (Wildman–Crippen MR) is 77.9 cm³/mol. The molecule has 1 N–H and O–H groups in total. The maximum Gasteiger partial charge on any atom is 0.0140 e. The van der Waals surface area contributed by atoms with Gasteiger partial charge in [0, 0.05) is 18.1 Å². The smallest absolute Gasteiger partial charge is 0.0140 e. The van der Waals surface area contributed by atoms with Crippen molar-refractivity contribution >= 4 is 0 Å². The van der Waals surface area contributed by atoms with E-state index in [1.165, 1.54) is 18.4 Å². The van der Waals surface area contributed by atoms with E-state index in [0.717, 1.165) is 25.6 Å². The van der Waals surface area contributed by atoms with E-state index in [1.807, 2.05) is 0 Å². The Balaban J connectivity index is 1.83. The minimum atomic E-state index is 0.296. The molecule has 0 radical (unpaired) electrons. The lowest BCUT2D eigenvalue weighted by molar-refractivity contribution is 0.145. The number of likely N-dealkylation sites (N-methyl/N-ethyl adjacent to an activating group) is 1. The maximum absolute atomic E-state index is 3.59. The zero-order valence-electron chi connectivity index (χ0n) is 11.9. The summed E-state index contributed by atoms with van der Waals surface area (Å²) in [6, 6.07) is 11.5. The molecule has 2 rings (SSSR count). The highest BCUT2D eigenvalue weighted by Crippen LogP contribution is 2.22. The second-order valence-electron chi connectivity index (χ2n) is 6.17. The van der Waals surface area contributed by atoms with Gasteiger partial charge < -0.3 is 10.2 Å². The Morgan fingerprint density at radius 3 is 2.67 bits per heavy atom. The van der Waals surface area contributed by atoms with Crippen LogP contribution in [0.1, 0.15) is 32.3 Å². The number of hydrogen-bond acceptors (Lipinski definition) is 2. The van der Waals surface area contributed by atoms with Gasteiger partial charge in [-0.25, -0.2) is 0 Å². The zero-order valence-corrected chi connectivity index (χ0v) is 11.9. The first-order chi connectivity index (χ1) is 8.57. The molecule has 1 fully saturated rings. The van der Waals surface area contributed by atoms with E-state index < -0.39 is 0 Å². The first-order valence-electron chi connectivity index (χ1n) is 7.06. The van der Waals surface area contributed by atoms with Crippen molar-refractivity contribution in [2.45, 2.75) is 44.7 Å². The quantitative estimate of drug-likeness (QED) is 0.878. The van der Waals surface area contributed by atoms with Crippen molar-refractivity contribution in [3.8, 4) is 0 Å². The van der Waals surface area contributed by atoms with Gasteiger partial charge in [0.1, 0.15) is 0 Å². The van der Waals surface area contributed by atoms with E-state index in [9.17, 15) is 0 Å². The van der Waals surface area contributed by atoms with E-state index in [-0.39, 0.29) is 0 Å². The highest BCUT2D eigenvalue weighted by molar-refractivity contribution is 5.14. The third-order valence-corrected chi connectivity index (χ3v) is 4.05. The molecule has 0 saturated carbocycles. The van der Waals surface area contributed by atoms with Crippen LogP contribution < -0.4 is 5.32 Å². The number of benzene rings is 1. The number of hydrogen-bond donors (Lipinski definition) is 1. The summed E-state index contributed by atoms with van der Waals surface area (Å²) in [6.45, 7) is 6.92. The molecule has 2 heteroatoms. The summed E-state index contributed by atoms with van der Waals surface area (Å²) >= 11 is 0. The zero-order chi connectivity index (χ0) is 13.0. The van der Waals surface area contributed by atoms with Crippen LogP contribution in [0.4, 0.5) is 0 Å². The van der Waals surface area contributed by atoms with Crippen LogP contribution in [0.25, 0.3) is 0 Å². The monoisotopic (exact) mass is 246 g/mol. The van der Waals surface area contributed by atoms with Crippen molar-refractivity contribution in [3.63, 3.8) is 0 Å². The van der Waals surface area contributed by atoms with Gasteiger partial charge in [-0.15, -0.1) is 0 Å². The molecule has 18 heavy (non-hydrogen) atoms. The molecule has 1 heterocycles. The second-order valence-corrected chi connectivity index (χ2v) is 6.17. The summed E-state index contributed by atoms with van der Waals surface area (Å²) in [5, 5.41) is 3.59. The summed E-state index contributed by atoms with van der Waals surface area (Å²) < 4.78 is 0. The number of piperidine rings is 1. The van der Waals surface area contributed by atoms with Crippen molar-refractivity contribution in [3.05, 3.63) is 35.9 Å². The molecule has 1 saturated heterocycles. The van der Waals surface area contributed by atoms with Crippen LogP contribution in [0.15, 0.2) is 30.3 Å². The molecule has 1 aromatic carbocycles. The predicted octanol–water partition coefficient (Wildman–Crippen LogP) is 2.69. The van der Waals surface area contributed by atoms with E-state index >= 15 is 0 Å². The molecule has 2 nitrogen and oxygen atoms in total. The van der Waals surface area contributed by atoms with Crippen molar-refractivity contribution in [2.24, 2.45) is 0 Å². The van der Waals surface area contributed by atoms with Crippen LogP contribution in [-0.2, 0) is 6.42 Å². The Morgan fingerprint density at radius 1 is 1.28 bits per heavy atom. The molecule has 1 atom stereocenters. The van der Waals surface area contributed by atoms with Gasteiger partial charge in [0.25, 0.3) is 0 Å². The Labute approximate surface area is 111 Å². The molecule has 0 aromatic heterocycles. The normalized spacial score (nSPS) is 23.2. The summed E-state index contributed by atoms with van der Waals surface area (Å²) in [6.07, 6.45) is 3.68. The van der Waals surface area contributed by atoms with Crippen molar-refractivity contribution in [2.75, 3.05) is 20.1 Å². The summed E-state index contributed by atoms with van der Waals surface area (Å²) in [7, 11) is 2.27. The molecule has 1 aliphatic rings. The van der Waals surface area contributed by atoms with Crippen LogP contribution in [-0.4, -0.2) is 36.6 Å². The molecule has 0 aliphatic carbocycles. The third kappa shape index (κ3) is 3.82. The van der Waals surface area contributed by atoms with Gasteiger partial charge in [0.15, 0.2) is 0 Å². The lowest BCUT2D eigenvalue weighted by Crippen LogP contribution is -2.52. The van der Waals surface area contributed by atoms with Gasteiger partial charge >= 0.3 is 0 Å². The van der Waals surface area contributed by atoms with Gasteiger partial charge in [-0.05, 0) is 52.3 Å². The molecule has 1 unspecified atom stereocenters. The van der Waals surface area contributed by atoms with Crippen molar-refractivity contribution in [1.29, 1.82) is 0 Å². The molecule has 0 amide bonds. The van der Waals surface area contributed by atoms with E-state index in [4.69, 9.17) is 0 Å². The number of nitrogens with one attached hydrogen (secondary N) is 1. The highest BCUT2D eigenvalue weighted by atomic mass is 15.1. The van der Waals surface area contributed by atoms with Crippen molar-refractivity contribution < 1.29 is 0 Å². The molecular formula is C16H26N2. The Morgan fingerprint density at radius 2 is 2.00 bits per heavy atom. The van der Waals surface area contributed by atoms with E-state index in [2.05, 4.69) is 61.4 Å². The van der Waals surface area contributed by atoms with E-state index in [1.54, 1.807) is 0 Å². The minimum Gasteiger partial charge on any atom is -0.312 e. The summed E-state index contributed by atoms with van der Waals surface area (Å²) in [5.41, 5.74) is 1.74. The largest absolute Gasteiger partial charge is 0.312 e. The van der Waals surface area contributed by atoms with Crippen LogP contribution in [0.2, 0.25) is 0 Å². The Hall–Kier alpha value is -0.860. The first-order valence-corrected chi connectivity index (χ1v) is 7.06. The fourth-order valence-corrected chi connectivity index (χ4v) is 2.85. The molecule has 1 aliphatic heterocycles. The molecule has 0 bridgehead atoms. The summed E-state index contributed by atoms with van der Waals surface area (Å²) in [4.78, 5) is 2.54. The lowest BCUT2D eigenvalue weighted by Gasteiger charge is -2.40. The van der Waals surface area contributed by atoms with Crippen molar-refractivity contribution in [1.82, 2.24) is 10.2 Å². The van der Waals surface area contributed by atoms with E-state index in [0.29, 0.717) is 5.54 Å². The minimum absolute atomic E-state index is 0.296. The summed E-state index contributed by atoms with van der Waals surface area (Å²) in [5.74, 6) is 0. The highest BCUT2D eigenvalue weighted by Gasteiger charge is 2.29. The fraction of sp³-hybridized carbons (Fsp3) is 0.625. The van der Waals surface area contributed by atoms with Gasteiger partial charge in [0.05, 0.1) is 0 Å². The SMILES string of the molecule is CN(CCc1ccccc1)C1CCNC(C)(C)C1. The van der Waals surface area contributed by atoms with Crippen LogP contribution in [0, 0.1) is 0 Å². The average Bonchev–Trinajstić information content (AvgIpc) is 2.36. The maximum atomic E-state index is 3.59. The Kier molecular flexibility index (Phi) is 4.41. The van der Waals surface area contributed by atoms with Gasteiger partial charge in [0.2, 0.25) is 0 Å². The average molecular weight is 246 g/mol. The first kappa shape index (κ1) is 13.6. The Bertz CT molecular complexity index is 359. The number of rotatable bonds is 4. The van der Waals surface area contributed by atoms with Gasteiger partial charge in [-0.1, -0.05) is 30.3 Å². The third-order valence-electron chi connectivity index (χ3n) is 4.05. The second kappa shape index (κ2) is 5.85. The molecule has 0 spiro atoms. The van der Waals surface area contributed by atoms with Gasteiger partial charge in [-0.3, -0.25) is 0 Å². The topological polar surface area (TPSA) is 15.3 Å². The molecule has 1 aromatic rings. The van der Waals surface area contributed by atoms with Crippen LogP contribution in [0.3, 0.4) is 0 Å². The fourth-order valence-electron chi connectivity index (χ4n) is 2.85. The van der Waals surface area contributed by atoms with Crippen LogP contribution >= 0.6 is 0 Å². The van der Waals surface area contributed by atoms with Gasteiger partial charge in [-0.2, -0.15) is 0 Å². The number of nitrogens with zero attached hydrogens (tertiary/aromatic N) is 1. The molecular weight excluding hydrogens is 220 g/mol. The lowest BCUT2D eigenvalue weighted by atomic mass is 9.88. The standard InChI is InChI=1S/C16H26N2/c1-16(2)13-15(9-11-17-16)18(3)12-10-14-7-5-4-6-8-14/h4-8,15,17H,9-13H2,1-3H3. The molecule has 100 valence electrons. The van der Waals surface area contributed by atoms with Crippen LogP contribution in [0.5, 0.6) is 0 Å².